The van der Waals surface area contributed by atoms with Crippen LogP contribution in [0.5, 0.6) is 5.75 Å². The molecule has 4 nitrogen and oxygen atoms in total. The Bertz CT molecular complexity index is 738. The fourth-order valence-electron chi connectivity index (χ4n) is 2.21. The van der Waals surface area contributed by atoms with E-state index in [-0.39, 0.29) is 5.75 Å². The molecule has 1 heterocycles. The maximum Gasteiger partial charge on any atom is 0.191 e. The highest BCUT2D eigenvalue weighted by atomic mass is 32.2. The van der Waals surface area contributed by atoms with Crippen LogP contribution >= 0.6 is 11.8 Å². The number of aromatic nitrogens is 3. The molecule has 3 rings (SSSR count). The zero-order valence-corrected chi connectivity index (χ0v) is 13.1. The molecule has 1 aromatic heterocycles. The maximum atomic E-state index is 9.36. The second kappa shape index (κ2) is 6.66. The van der Waals surface area contributed by atoms with E-state index in [1.807, 2.05) is 29.8 Å². The summed E-state index contributed by atoms with van der Waals surface area (Å²) < 4.78 is 1.99. The Kier molecular flexibility index (Phi) is 4.44. The quantitative estimate of drug-likeness (QED) is 0.732. The molecule has 0 amide bonds. The number of hydrogen-bond acceptors (Lipinski definition) is 4. The molecule has 0 aliphatic rings. The highest BCUT2D eigenvalue weighted by molar-refractivity contribution is 7.99. The molecule has 2 aromatic carbocycles. The van der Waals surface area contributed by atoms with Crippen molar-refractivity contribution in [2.75, 3.05) is 5.75 Å². The van der Waals surface area contributed by atoms with E-state index in [0.29, 0.717) is 0 Å². The lowest BCUT2D eigenvalue weighted by atomic mass is 10.2. The van der Waals surface area contributed by atoms with E-state index in [0.717, 1.165) is 28.7 Å². The zero-order valence-electron chi connectivity index (χ0n) is 12.3. The molecule has 0 aliphatic carbocycles. The molecule has 0 radical (unpaired) electrons. The number of aryl methyl sites for hydroxylation is 1. The lowest BCUT2D eigenvalue weighted by Crippen LogP contribution is -1.96. The summed E-state index contributed by atoms with van der Waals surface area (Å²) in [7, 11) is 1.97. The zero-order chi connectivity index (χ0) is 15.4. The number of nitrogens with zero attached hydrogens (tertiary/aromatic N) is 3. The molecular formula is C17H17N3OS. The highest BCUT2D eigenvalue weighted by Crippen LogP contribution is 2.24. The van der Waals surface area contributed by atoms with Crippen LogP contribution in [0.2, 0.25) is 0 Å². The van der Waals surface area contributed by atoms with Crippen molar-refractivity contribution < 1.29 is 5.11 Å². The van der Waals surface area contributed by atoms with Gasteiger partial charge in [0.1, 0.15) is 5.75 Å². The minimum absolute atomic E-state index is 0.253. The Morgan fingerprint density at radius 1 is 1.00 bits per heavy atom. The van der Waals surface area contributed by atoms with Crippen LogP contribution in [-0.4, -0.2) is 25.6 Å². The van der Waals surface area contributed by atoms with Crippen LogP contribution in [0.15, 0.2) is 59.8 Å². The molecule has 0 atom stereocenters. The highest BCUT2D eigenvalue weighted by Gasteiger charge is 2.11. The summed E-state index contributed by atoms with van der Waals surface area (Å²) in [6, 6.07) is 17.4. The van der Waals surface area contributed by atoms with Gasteiger partial charge in [-0.2, -0.15) is 0 Å². The Hall–Kier alpha value is -2.27. The van der Waals surface area contributed by atoms with Gasteiger partial charge in [0.05, 0.1) is 0 Å². The molecular weight excluding hydrogens is 294 g/mol. The number of rotatable bonds is 5. The average Bonchev–Trinajstić information content (AvgIpc) is 2.90. The van der Waals surface area contributed by atoms with Gasteiger partial charge >= 0.3 is 0 Å². The van der Waals surface area contributed by atoms with Crippen molar-refractivity contribution in [1.29, 1.82) is 0 Å². The van der Waals surface area contributed by atoms with Gasteiger partial charge in [-0.05, 0) is 36.2 Å². The lowest BCUT2D eigenvalue weighted by molar-refractivity contribution is 0.475. The third kappa shape index (κ3) is 3.31. The van der Waals surface area contributed by atoms with Gasteiger partial charge in [0, 0.05) is 18.4 Å². The Balaban J connectivity index is 1.67. The van der Waals surface area contributed by atoms with E-state index in [1.54, 1.807) is 23.9 Å². The third-order valence-corrected chi connectivity index (χ3v) is 4.45. The van der Waals surface area contributed by atoms with Gasteiger partial charge in [0.25, 0.3) is 0 Å². The standard InChI is InChI=1S/C17H17N3OS/c1-20-16(14-7-9-15(21)10-8-14)18-19-17(20)22-12-11-13-5-3-2-4-6-13/h2-10,21H,11-12H2,1H3. The van der Waals surface area contributed by atoms with Crippen molar-refractivity contribution in [3.63, 3.8) is 0 Å². The number of phenolic OH excluding ortho intramolecular Hbond substituents is 1. The van der Waals surface area contributed by atoms with E-state index in [1.165, 1.54) is 5.56 Å². The Labute approximate surface area is 133 Å². The average molecular weight is 311 g/mol. The number of phenols is 1. The van der Waals surface area contributed by atoms with Crippen molar-refractivity contribution in [1.82, 2.24) is 14.8 Å². The molecule has 3 aromatic rings. The fraction of sp³-hybridized carbons (Fsp3) is 0.176. The molecule has 0 fully saturated rings. The summed E-state index contributed by atoms with van der Waals surface area (Å²) >= 11 is 1.70. The van der Waals surface area contributed by atoms with E-state index in [2.05, 4.69) is 34.5 Å². The van der Waals surface area contributed by atoms with Crippen molar-refractivity contribution in [2.45, 2.75) is 11.6 Å². The van der Waals surface area contributed by atoms with Crippen LogP contribution in [0.3, 0.4) is 0 Å². The van der Waals surface area contributed by atoms with Crippen molar-refractivity contribution in [3.05, 3.63) is 60.2 Å². The second-order valence-electron chi connectivity index (χ2n) is 5.00. The van der Waals surface area contributed by atoms with Crippen molar-refractivity contribution in [3.8, 4) is 17.1 Å². The van der Waals surface area contributed by atoms with E-state index >= 15 is 0 Å². The summed E-state index contributed by atoms with van der Waals surface area (Å²) in [5.41, 5.74) is 2.28. The molecule has 0 saturated carbocycles. The Morgan fingerprint density at radius 2 is 1.73 bits per heavy atom. The van der Waals surface area contributed by atoms with Crippen molar-refractivity contribution in [2.24, 2.45) is 7.05 Å². The minimum atomic E-state index is 0.253. The summed E-state index contributed by atoms with van der Waals surface area (Å²) in [5, 5.41) is 18.8. The minimum Gasteiger partial charge on any atom is -0.508 e. The summed E-state index contributed by atoms with van der Waals surface area (Å²) in [4.78, 5) is 0. The van der Waals surface area contributed by atoms with Crippen LogP contribution < -0.4 is 0 Å². The third-order valence-electron chi connectivity index (χ3n) is 3.43. The second-order valence-corrected chi connectivity index (χ2v) is 6.06. The molecule has 5 heteroatoms. The normalized spacial score (nSPS) is 10.8. The first kappa shape index (κ1) is 14.7. The summed E-state index contributed by atoms with van der Waals surface area (Å²) in [5.74, 6) is 2.02. The summed E-state index contributed by atoms with van der Waals surface area (Å²) in [6.07, 6.45) is 1.01. The van der Waals surface area contributed by atoms with E-state index < -0.39 is 0 Å². The van der Waals surface area contributed by atoms with Gasteiger partial charge in [-0.3, -0.25) is 0 Å². The molecule has 0 spiro atoms. The molecule has 0 aliphatic heterocycles. The first-order valence-corrected chi connectivity index (χ1v) is 8.08. The number of hydrogen-bond donors (Lipinski definition) is 1. The Morgan fingerprint density at radius 3 is 2.45 bits per heavy atom. The van der Waals surface area contributed by atoms with Gasteiger partial charge in [-0.1, -0.05) is 42.1 Å². The number of aromatic hydroxyl groups is 1. The lowest BCUT2D eigenvalue weighted by Gasteiger charge is -2.04. The van der Waals surface area contributed by atoms with Gasteiger partial charge < -0.3 is 9.67 Å². The first-order chi connectivity index (χ1) is 10.7. The van der Waals surface area contributed by atoms with Gasteiger partial charge in [0.15, 0.2) is 11.0 Å². The van der Waals surface area contributed by atoms with Crippen LogP contribution in [0.4, 0.5) is 0 Å². The monoisotopic (exact) mass is 311 g/mol. The van der Waals surface area contributed by atoms with Crippen LogP contribution in [0, 0.1) is 0 Å². The number of thioether (sulfide) groups is 1. The summed E-state index contributed by atoms with van der Waals surface area (Å²) in [6.45, 7) is 0. The fourth-order valence-corrected chi connectivity index (χ4v) is 3.11. The molecule has 0 bridgehead atoms. The van der Waals surface area contributed by atoms with Gasteiger partial charge in [0.2, 0.25) is 0 Å². The van der Waals surface area contributed by atoms with Crippen LogP contribution in [-0.2, 0) is 13.5 Å². The predicted octanol–water partition coefficient (Wildman–Crippen LogP) is 3.52. The van der Waals surface area contributed by atoms with Crippen LogP contribution in [0.25, 0.3) is 11.4 Å². The SMILES string of the molecule is Cn1c(SCCc2ccccc2)nnc1-c1ccc(O)cc1. The molecule has 1 N–H and O–H groups in total. The van der Waals surface area contributed by atoms with E-state index in [9.17, 15) is 5.11 Å². The van der Waals surface area contributed by atoms with Crippen LogP contribution in [0.1, 0.15) is 5.56 Å². The molecule has 0 saturated heterocycles. The molecule has 0 unspecified atom stereocenters. The largest absolute Gasteiger partial charge is 0.508 e. The topological polar surface area (TPSA) is 50.9 Å². The smallest absolute Gasteiger partial charge is 0.191 e. The predicted molar refractivity (Wildman–Crippen MR) is 89.0 cm³/mol. The number of benzene rings is 2. The van der Waals surface area contributed by atoms with Crippen molar-refractivity contribution >= 4 is 11.8 Å². The maximum absolute atomic E-state index is 9.36. The van der Waals surface area contributed by atoms with Gasteiger partial charge in [-0.25, -0.2) is 0 Å². The molecule has 112 valence electrons. The van der Waals surface area contributed by atoms with Gasteiger partial charge in [-0.15, -0.1) is 10.2 Å². The van der Waals surface area contributed by atoms with E-state index in [4.69, 9.17) is 0 Å². The molecule has 22 heavy (non-hydrogen) atoms. The first-order valence-electron chi connectivity index (χ1n) is 7.09.